The molecule has 0 aliphatic heterocycles. The third-order valence-electron chi connectivity index (χ3n) is 2.62. The summed E-state index contributed by atoms with van der Waals surface area (Å²) in [7, 11) is 0. The summed E-state index contributed by atoms with van der Waals surface area (Å²) >= 11 is 0. The first kappa shape index (κ1) is 12.7. The Kier molecular flexibility index (Phi) is 5.28. The molecule has 0 aliphatic carbocycles. The Labute approximate surface area is 108 Å². The summed E-state index contributed by atoms with van der Waals surface area (Å²) in [5.74, 6) is 0.893. The van der Waals surface area contributed by atoms with E-state index in [2.05, 4.69) is 12.1 Å². The van der Waals surface area contributed by atoms with Crippen molar-refractivity contribution in [3.05, 3.63) is 66.2 Å². The number of para-hydroxylation sites is 1. The molecule has 0 heterocycles. The fourth-order valence-electron chi connectivity index (χ4n) is 1.67. The Hall–Kier alpha value is -1.80. The van der Waals surface area contributed by atoms with Gasteiger partial charge in [0.2, 0.25) is 0 Å². The van der Waals surface area contributed by atoms with Gasteiger partial charge in [-0.1, -0.05) is 48.5 Å². The van der Waals surface area contributed by atoms with Gasteiger partial charge >= 0.3 is 0 Å². The molecule has 0 fully saturated rings. The molecular formula is C16H18O2. The summed E-state index contributed by atoms with van der Waals surface area (Å²) in [5.41, 5.74) is 1.31. The molecule has 0 aliphatic rings. The van der Waals surface area contributed by atoms with Crippen molar-refractivity contribution in [2.45, 2.75) is 6.42 Å². The van der Waals surface area contributed by atoms with Crippen LogP contribution in [0.3, 0.4) is 0 Å². The van der Waals surface area contributed by atoms with E-state index in [1.165, 1.54) is 5.56 Å². The second-order valence-electron chi connectivity index (χ2n) is 4.01. The first-order chi connectivity index (χ1) is 8.95. The van der Waals surface area contributed by atoms with E-state index in [-0.39, 0.29) is 0 Å². The largest absolute Gasteiger partial charge is 0.491 e. The monoisotopic (exact) mass is 242 g/mol. The lowest BCUT2D eigenvalue weighted by Gasteiger charge is -2.07. The molecule has 2 aromatic carbocycles. The van der Waals surface area contributed by atoms with Crippen LogP contribution in [0.1, 0.15) is 5.56 Å². The van der Waals surface area contributed by atoms with E-state index in [0.717, 1.165) is 18.8 Å². The van der Waals surface area contributed by atoms with E-state index in [1.807, 2.05) is 48.5 Å². The molecule has 0 amide bonds. The molecule has 0 spiro atoms. The number of hydrogen-bond acceptors (Lipinski definition) is 2. The Morgan fingerprint density at radius 1 is 0.667 bits per heavy atom. The van der Waals surface area contributed by atoms with E-state index in [4.69, 9.17) is 9.47 Å². The maximum Gasteiger partial charge on any atom is 0.119 e. The van der Waals surface area contributed by atoms with Gasteiger partial charge < -0.3 is 9.47 Å². The quantitative estimate of drug-likeness (QED) is 0.693. The molecule has 94 valence electrons. The van der Waals surface area contributed by atoms with Crippen LogP contribution in [0.2, 0.25) is 0 Å². The minimum absolute atomic E-state index is 0.596. The predicted molar refractivity (Wildman–Crippen MR) is 72.9 cm³/mol. The van der Waals surface area contributed by atoms with Gasteiger partial charge in [-0.15, -0.1) is 0 Å². The van der Waals surface area contributed by atoms with Crippen LogP contribution in [0.4, 0.5) is 0 Å². The lowest BCUT2D eigenvalue weighted by atomic mass is 10.2. The Morgan fingerprint density at radius 3 is 2.06 bits per heavy atom. The van der Waals surface area contributed by atoms with E-state index < -0.39 is 0 Å². The van der Waals surface area contributed by atoms with Gasteiger partial charge in [0.05, 0.1) is 13.2 Å². The van der Waals surface area contributed by atoms with Gasteiger partial charge in [-0.3, -0.25) is 0 Å². The highest BCUT2D eigenvalue weighted by atomic mass is 16.5. The summed E-state index contributed by atoms with van der Waals surface area (Å²) in [4.78, 5) is 0. The molecule has 0 saturated carbocycles. The van der Waals surface area contributed by atoms with Crippen LogP contribution in [0.5, 0.6) is 5.75 Å². The molecule has 2 aromatic rings. The van der Waals surface area contributed by atoms with Crippen LogP contribution in [-0.2, 0) is 11.2 Å². The summed E-state index contributed by atoms with van der Waals surface area (Å²) in [6.07, 6.45) is 0.951. The normalized spacial score (nSPS) is 10.2. The molecule has 0 aromatic heterocycles. The van der Waals surface area contributed by atoms with Gasteiger partial charge in [-0.05, 0) is 24.1 Å². The predicted octanol–water partition coefficient (Wildman–Crippen LogP) is 3.32. The number of hydrogen-bond donors (Lipinski definition) is 0. The summed E-state index contributed by atoms with van der Waals surface area (Å²) < 4.78 is 11.1. The fourth-order valence-corrected chi connectivity index (χ4v) is 1.67. The Morgan fingerprint density at radius 2 is 1.33 bits per heavy atom. The van der Waals surface area contributed by atoms with Crippen molar-refractivity contribution in [3.63, 3.8) is 0 Å². The zero-order valence-electron chi connectivity index (χ0n) is 10.4. The third kappa shape index (κ3) is 4.60. The van der Waals surface area contributed by atoms with Crippen molar-refractivity contribution in [1.29, 1.82) is 0 Å². The second kappa shape index (κ2) is 7.51. The van der Waals surface area contributed by atoms with E-state index in [9.17, 15) is 0 Å². The van der Waals surface area contributed by atoms with Crippen molar-refractivity contribution in [3.8, 4) is 5.75 Å². The van der Waals surface area contributed by atoms with Gasteiger partial charge in [0.1, 0.15) is 12.4 Å². The average Bonchev–Trinajstić information content (AvgIpc) is 2.45. The van der Waals surface area contributed by atoms with Gasteiger partial charge in [-0.2, -0.15) is 0 Å². The van der Waals surface area contributed by atoms with Crippen LogP contribution in [0.15, 0.2) is 60.7 Å². The van der Waals surface area contributed by atoms with Crippen molar-refractivity contribution < 1.29 is 9.47 Å². The lowest BCUT2D eigenvalue weighted by molar-refractivity contribution is 0.102. The maximum absolute atomic E-state index is 5.53. The zero-order valence-corrected chi connectivity index (χ0v) is 10.4. The average molecular weight is 242 g/mol. The van der Waals surface area contributed by atoms with Crippen molar-refractivity contribution in [1.82, 2.24) is 0 Å². The van der Waals surface area contributed by atoms with Crippen molar-refractivity contribution in [2.24, 2.45) is 0 Å². The SMILES string of the molecule is c1ccc(CCOCCOc2ccccc2)cc1. The highest BCUT2D eigenvalue weighted by Gasteiger charge is 1.94. The first-order valence-corrected chi connectivity index (χ1v) is 6.25. The highest BCUT2D eigenvalue weighted by Crippen LogP contribution is 2.07. The third-order valence-corrected chi connectivity index (χ3v) is 2.62. The molecule has 0 N–H and O–H groups in total. The fraction of sp³-hybridized carbons (Fsp3) is 0.250. The molecule has 0 atom stereocenters. The van der Waals surface area contributed by atoms with Crippen LogP contribution in [0, 0.1) is 0 Å². The smallest absolute Gasteiger partial charge is 0.119 e. The summed E-state index contributed by atoms with van der Waals surface area (Å²) in [6, 6.07) is 20.2. The van der Waals surface area contributed by atoms with Crippen LogP contribution in [-0.4, -0.2) is 19.8 Å². The molecule has 18 heavy (non-hydrogen) atoms. The van der Waals surface area contributed by atoms with E-state index in [0.29, 0.717) is 13.2 Å². The summed E-state index contributed by atoms with van der Waals surface area (Å²) in [5, 5.41) is 0. The minimum atomic E-state index is 0.596. The van der Waals surface area contributed by atoms with E-state index >= 15 is 0 Å². The molecule has 0 unspecified atom stereocenters. The number of benzene rings is 2. The second-order valence-corrected chi connectivity index (χ2v) is 4.01. The molecule has 2 rings (SSSR count). The first-order valence-electron chi connectivity index (χ1n) is 6.25. The Balaban J connectivity index is 1.54. The molecule has 2 heteroatoms. The number of ether oxygens (including phenoxy) is 2. The molecular weight excluding hydrogens is 224 g/mol. The van der Waals surface area contributed by atoms with Gasteiger partial charge in [0.15, 0.2) is 0 Å². The lowest BCUT2D eigenvalue weighted by Crippen LogP contribution is -2.08. The van der Waals surface area contributed by atoms with Gasteiger partial charge in [0, 0.05) is 0 Å². The molecule has 0 radical (unpaired) electrons. The zero-order chi connectivity index (χ0) is 12.5. The van der Waals surface area contributed by atoms with Gasteiger partial charge in [-0.25, -0.2) is 0 Å². The van der Waals surface area contributed by atoms with Crippen LogP contribution < -0.4 is 4.74 Å². The Bertz CT molecular complexity index is 382. The van der Waals surface area contributed by atoms with Crippen LogP contribution >= 0.6 is 0 Å². The van der Waals surface area contributed by atoms with Crippen molar-refractivity contribution >= 4 is 0 Å². The highest BCUT2D eigenvalue weighted by molar-refractivity contribution is 5.20. The van der Waals surface area contributed by atoms with Crippen molar-refractivity contribution in [2.75, 3.05) is 19.8 Å². The van der Waals surface area contributed by atoms with E-state index in [1.54, 1.807) is 0 Å². The van der Waals surface area contributed by atoms with Crippen LogP contribution in [0.25, 0.3) is 0 Å². The van der Waals surface area contributed by atoms with Gasteiger partial charge in [0.25, 0.3) is 0 Å². The standard InChI is InChI=1S/C16H18O2/c1-3-7-15(8-4-1)11-12-17-13-14-18-16-9-5-2-6-10-16/h1-10H,11-14H2. The molecule has 0 bridgehead atoms. The molecule has 0 saturated heterocycles. The minimum Gasteiger partial charge on any atom is -0.491 e. The molecule has 2 nitrogen and oxygen atoms in total. The maximum atomic E-state index is 5.53. The number of rotatable bonds is 7. The summed E-state index contributed by atoms with van der Waals surface area (Å²) in [6.45, 7) is 1.96. The topological polar surface area (TPSA) is 18.5 Å².